The zero-order valence-electron chi connectivity index (χ0n) is 17.5. The summed E-state index contributed by atoms with van der Waals surface area (Å²) in [5, 5.41) is 0.577. The largest absolute Gasteiger partial charge is 0.493 e. The van der Waals surface area contributed by atoms with Crippen LogP contribution in [-0.2, 0) is 4.79 Å². The molecule has 1 aromatic heterocycles. The molecule has 0 unspecified atom stereocenters. The molecule has 0 aliphatic carbocycles. The van der Waals surface area contributed by atoms with Gasteiger partial charge in [0, 0.05) is 42.2 Å². The van der Waals surface area contributed by atoms with Crippen LogP contribution in [0.3, 0.4) is 0 Å². The number of carbonyl (C=O) groups is 2. The highest BCUT2D eigenvalue weighted by Crippen LogP contribution is 2.41. The van der Waals surface area contributed by atoms with Crippen LogP contribution in [-0.4, -0.2) is 58.9 Å². The van der Waals surface area contributed by atoms with Crippen molar-refractivity contribution in [2.45, 2.75) is 12.5 Å². The van der Waals surface area contributed by atoms with E-state index in [9.17, 15) is 14.0 Å². The van der Waals surface area contributed by atoms with Gasteiger partial charge in [-0.2, -0.15) is 0 Å². The van der Waals surface area contributed by atoms with Crippen molar-refractivity contribution in [2.75, 3.05) is 32.0 Å². The van der Waals surface area contributed by atoms with E-state index in [1.54, 1.807) is 28.0 Å². The summed E-state index contributed by atoms with van der Waals surface area (Å²) in [5.41, 5.74) is 7.78. The van der Waals surface area contributed by atoms with E-state index in [0.29, 0.717) is 70.3 Å². The first kappa shape index (κ1) is 21.7. The van der Waals surface area contributed by atoms with Crippen molar-refractivity contribution in [2.24, 2.45) is 0 Å². The molecular weight excluding hydrogens is 467 g/mol. The fourth-order valence-corrected chi connectivity index (χ4v) is 5.44. The highest BCUT2D eigenvalue weighted by Gasteiger charge is 2.35. The monoisotopic (exact) mass is 486 g/mol. The Kier molecular flexibility index (Phi) is 5.46. The number of hydrogen-bond donors (Lipinski definition) is 1. The first-order valence-electron chi connectivity index (χ1n) is 10.4. The summed E-state index contributed by atoms with van der Waals surface area (Å²) in [5.74, 6) is -0.345. The van der Waals surface area contributed by atoms with E-state index in [4.69, 9.17) is 22.1 Å². The van der Waals surface area contributed by atoms with Crippen LogP contribution < -0.4 is 10.5 Å². The quantitative estimate of drug-likeness (QED) is 0.554. The number of thiazole rings is 1. The number of rotatable bonds is 2. The number of nitrogens with zero attached hydrogens (tertiary/aromatic N) is 3. The Morgan fingerprint density at radius 3 is 2.91 bits per heavy atom. The van der Waals surface area contributed by atoms with Crippen molar-refractivity contribution in [3.8, 4) is 16.9 Å². The molecule has 0 radical (unpaired) electrons. The molecule has 2 aliphatic rings. The summed E-state index contributed by atoms with van der Waals surface area (Å²) in [6, 6.07) is 6.08. The number of carbonyl (C=O) groups excluding carboxylic acids is 2. The first-order valence-corrected chi connectivity index (χ1v) is 11.6. The van der Waals surface area contributed by atoms with Crippen molar-refractivity contribution in [1.82, 2.24) is 14.8 Å². The molecule has 33 heavy (non-hydrogen) atoms. The zero-order valence-corrected chi connectivity index (χ0v) is 19.1. The molecule has 1 atom stereocenters. The summed E-state index contributed by atoms with van der Waals surface area (Å²) >= 11 is 7.69. The summed E-state index contributed by atoms with van der Waals surface area (Å²) in [4.78, 5) is 33.2. The van der Waals surface area contributed by atoms with Crippen LogP contribution >= 0.6 is 22.9 Å². The highest BCUT2D eigenvalue weighted by molar-refractivity contribution is 7.22. The smallest absolute Gasteiger partial charge is 0.258 e. The summed E-state index contributed by atoms with van der Waals surface area (Å²) in [6.07, 6.45) is 1.86. The number of piperazine rings is 1. The van der Waals surface area contributed by atoms with Crippen molar-refractivity contribution >= 4 is 50.1 Å². The van der Waals surface area contributed by atoms with Gasteiger partial charge in [-0.15, -0.1) is 0 Å². The van der Waals surface area contributed by atoms with Crippen molar-refractivity contribution < 1.29 is 18.7 Å². The van der Waals surface area contributed by atoms with Gasteiger partial charge < -0.3 is 20.3 Å². The number of halogens is 2. The fourth-order valence-electron chi connectivity index (χ4n) is 4.41. The average molecular weight is 487 g/mol. The fraction of sp³-hybridized carbons (Fsp3) is 0.261. The van der Waals surface area contributed by atoms with Crippen LogP contribution in [0.25, 0.3) is 21.3 Å². The standard InChI is InChI=1S/C23H20ClFN4O3S/c1-2-19(30)28-6-7-29-12(11-28)5-8-32-18-10-14(16(24)9-15(18)22(29)31)13-3-4-17(25)21-20(13)27-23(26)33-21/h2-4,9-10,12H,1,5-8,11H2,(H2,26,27)/t12-/m1/s1. The van der Waals surface area contributed by atoms with Crippen molar-refractivity contribution in [1.29, 1.82) is 0 Å². The van der Waals surface area contributed by atoms with Gasteiger partial charge in [0.2, 0.25) is 5.91 Å². The van der Waals surface area contributed by atoms with E-state index >= 15 is 0 Å². The van der Waals surface area contributed by atoms with E-state index in [-0.39, 0.29) is 23.0 Å². The first-order chi connectivity index (χ1) is 15.9. The molecule has 1 fully saturated rings. The van der Waals surface area contributed by atoms with E-state index in [1.165, 1.54) is 12.1 Å². The van der Waals surface area contributed by atoms with E-state index in [0.717, 1.165) is 11.3 Å². The second-order valence-electron chi connectivity index (χ2n) is 7.93. The molecule has 0 bridgehead atoms. The maximum absolute atomic E-state index is 14.3. The molecule has 7 nitrogen and oxygen atoms in total. The number of amides is 2. The van der Waals surface area contributed by atoms with Gasteiger partial charge in [0.1, 0.15) is 11.6 Å². The molecule has 5 rings (SSSR count). The molecule has 2 amide bonds. The molecule has 2 N–H and O–H groups in total. The van der Waals surface area contributed by atoms with Gasteiger partial charge in [0.05, 0.1) is 28.4 Å². The van der Waals surface area contributed by atoms with Gasteiger partial charge in [-0.05, 0) is 30.3 Å². The molecular formula is C23H20ClFN4O3S. The average Bonchev–Trinajstić information content (AvgIpc) is 3.20. The minimum Gasteiger partial charge on any atom is -0.493 e. The molecule has 2 aromatic carbocycles. The van der Waals surface area contributed by atoms with E-state index in [2.05, 4.69) is 11.6 Å². The van der Waals surface area contributed by atoms with Gasteiger partial charge in [0.15, 0.2) is 5.13 Å². The predicted molar refractivity (Wildman–Crippen MR) is 126 cm³/mol. The molecule has 3 heterocycles. The Morgan fingerprint density at radius 2 is 2.12 bits per heavy atom. The van der Waals surface area contributed by atoms with Gasteiger partial charge in [-0.1, -0.05) is 29.5 Å². The third-order valence-electron chi connectivity index (χ3n) is 6.04. The van der Waals surface area contributed by atoms with Crippen LogP contribution in [0.4, 0.5) is 9.52 Å². The number of hydrogen-bond acceptors (Lipinski definition) is 6. The third-order valence-corrected chi connectivity index (χ3v) is 7.25. The Balaban J connectivity index is 1.54. The second-order valence-corrected chi connectivity index (χ2v) is 9.37. The van der Waals surface area contributed by atoms with Crippen molar-refractivity contribution in [3.05, 3.63) is 53.3 Å². The lowest BCUT2D eigenvalue weighted by Crippen LogP contribution is -2.57. The number of anilines is 1. The van der Waals surface area contributed by atoms with Crippen LogP contribution in [0.15, 0.2) is 36.9 Å². The van der Waals surface area contributed by atoms with Gasteiger partial charge in [-0.25, -0.2) is 9.37 Å². The topological polar surface area (TPSA) is 88.8 Å². The molecule has 170 valence electrons. The molecule has 10 heteroatoms. The summed E-state index contributed by atoms with van der Waals surface area (Å²) < 4.78 is 20.6. The third kappa shape index (κ3) is 3.71. The van der Waals surface area contributed by atoms with Crippen LogP contribution in [0.2, 0.25) is 5.02 Å². The van der Waals surface area contributed by atoms with Gasteiger partial charge in [0.25, 0.3) is 5.91 Å². The van der Waals surface area contributed by atoms with Crippen LogP contribution in [0, 0.1) is 5.82 Å². The number of nitrogens with two attached hydrogens (primary N) is 1. The number of nitrogen functional groups attached to an aromatic ring is 1. The van der Waals surface area contributed by atoms with E-state index < -0.39 is 5.82 Å². The lowest BCUT2D eigenvalue weighted by Gasteiger charge is -2.42. The number of fused-ring (bicyclic) bond motifs is 3. The summed E-state index contributed by atoms with van der Waals surface area (Å²) in [6.45, 7) is 5.19. The highest BCUT2D eigenvalue weighted by atomic mass is 35.5. The molecule has 0 spiro atoms. The number of ether oxygens (including phenoxy) is 1. The normalized spacial score (nSPS) is 18.2. The minimum atomic E-state index is -0.406. The van der Waals surface area contributed by atoms with Gasteiger partial charge in [-0.3, -0.25) is 9.59 Å². The molecule has 3 aromatic rings. The molecule has 2 aliphatic heterocycles. The zero-order chi connectivity index (χ0) is 23.3. The van der Waals surface area contributed by atoms with Crippen LogP contribution in [0.5, 0.6) is 5.75 Å². The van der Waals surface area contributed by atoms with E-state index in [1.807, 2.05) is 0 Å². The second kappa shape index (κ2) is 8.31. The Morgan fingerprint density at radius 1 is 1.30 bits per heavy atom. The van der Waals surface area contributed by atoms with Crippen LogP contribution in [0.1, 0.15) is 16.8 Å². The lowest BCUT2D eigenvalue weighted by molar-refractivity contribution is -0.128. The summed E-state index contributed by atoms with van der Waals surface area (Å²) in [7, 11) is 0. The maximum atomic E-state index is 14.3. The predicted octanol–water partition coefficient (Wildman–Crippen LogP) is 3.96. The Labute approximate surface area is 198 Å². The lowest BCUT2D eigenvalue weighted by atomic mass is 9.99. The Bertz CT molecular complexity index is 1310. The van der Waals surface area contributed by atoms with Crippen molar-refractivity contribution in [3.63, 3.8) is 0 Å². The SMILES string of the molecule is C=CC(=O)N1CCN2C(=O)c3cc(Cl)c(-c4ccc(F)c5sc(N)nc45)cc3OCC[C@@H]2C1. The number of benzene rings is 2. The molecule has 1 saturated heterocycles. The van der Waals surface area contributed by atoms with Gasteiger partial charge >= 0.3 is 0 Å². The molecule has 0 saturated carbocycles. The maximum Gasteiger partial charge on any atom is 0.258 e. The Hall–Kier alpha value is -3.17. The number of aromatic nitrogens is 1. The minimum absolute atomic E-state index is 0.147.